The first-order valence-electron chi connectivity index (χ1n) is 15.9. The van der Waals surface area contributed by atoms with E-state index in [-0.39, 0.29) is 22.5 Å². The number of hydrogen-bond donors (Lipinski definition) is 1. The van der Waals surface area contributed by atoms with Crippen molar-refractivity contribution in [2.24, 2.45) is 5.41 Å². The van der Waals surface area contributed by atoms with E-state index in [0.717, 1.165) is 65.9 Å². The van der Waals surface area contributed by atoms with Crippen LogP contribution in [0, 0.1) is 5.41 Å². The third-order valence-electron chi connectivity index (χ3n) is 10.0. The molecule has 0 saturated carbocycles. The molecule has 1 aromatic carbocycles. The summed E-state index contributed by atoms with van der Waals surface area (Å²) >= 11 is 0. The summed E-state index contributed by atoms with van der Waals surface area (Å²) in [5, 5.41) is 12.2. The molecule has 5 rings (SSSR count). The van der Waals surface area contributed by atoms with Gasteiger partial charge in [0.25, 0.3) is 0 Å². The van der Waals surface area contributed by atoms with Crippen LogP contribution in [0.2, 0.25) is 18.1 Å². The molecule has 9 heteroatoms. The minimum absolute atomic E-state index is 0.00903. The highest BCUT2D eigenvalue weighted by molar-refractivity contribution is 6.74. The maximum Gasteiger partial charge on any atom is 0.416 e. The van der Waals surface area contributed by atoms with Gasteiger partial charge in [-0.2, -0.15) is 13.2 Å². The molecule has 1 aliphatic carbocycles. The van der Waals surface area contributed by atoms with E-state index in [9.17, 15) is 18.3 Å². The molecule has 0 amide bonds. The van der Waals surface area contributed by atoms with Gasteiger partial charge in [-0.25, -0.2) is 0 Å². The highest BCUT2D eigenvalue weighted by Crippen LogP contribution is 2.52. The Hall–Kier alpha value is -2.04. The standard InChI is InChI=1S/C35H48F3NO4Si/c1-33(2,3)44(6,7)43-27-21-34(4,5)20-26-29(27)28(22-12-16-41-17-13-22)30(31(39-26)23-14-18-42-19-15-23)32(40)24-8-10-25(11-9-24)35(36,37)38/h8-12,23,27,32,40H,13-21H2,1-7H3. The molecule has 1 N–H and O–H groups in total. The molecule has 2 unspecified atom stereocenters. The van der Waals surface area contributed by atoms with Gasteiger partial charge in [-0.3, -0.25) is 4.98 Å². The van der Waals surface area contributed by atoms with E-state index in [1.165, 1.54) is 12.1 Å². The fourth-order valence-corrected chi connectivity index (χ4v) is 7.87. The van der Waals surface area contributed by atoms with Crippen LogP contribution >= 0.6 is 0 Å². The first kappa shape index (κ1) is 33.3. The maximum absolute atomic E-state index is 13.5. The molecule has 0 radical (unpaired) electrons. The van der Waals surface area contributed by atoms with Crippen molar-refractivity contribution in [1.29, 1.82) is 0 Å². The predicted octanol–water partition coefficient (Wildman–Crippen LogP) is 8.92. The van der Waals surface area contributed by atoms with Gasteiger partial charge in [-0.05, 0) is 84.5 Å². The average molecular weight is 632 g/mol. The van der Waals surface area contributed by atoms with E-state index < -0.39 is 26.2 Å². The monoisotopic (exact) mass is 631 g/mol. The molecule has 2 aromatic rings. The number of benzene rings is 1. The van der Waals surface area contributed by atoms with Crippen molar-refractivity contribution in [3.8, 4) is 0 Å². The third kappa shape index (κ3) is 6.87. The zero-order valence-electron chi connectivity index (χ0n) is 27.2. The first-order valence-corrected chi connectivity index (χ1v) is 18.8. The summed E-state index contributed by atoms with van der Waals surface area (Å²) < 4.78 is 59.0. The van der Waals surface area contributed by atoms with Crippen LogP contribution in [0.15, 0.2) is 30.3 Å². The van der Waals surface area contributed by atoms with Crippen molar-refractivity contribution in [2.45, 2.75) is 109 Å². The fourth-order valence-electron chi connectivity index (χ4n) is 6.61. The third-order valence-corrected chi connectivity index (χ3v) is 14.5. The van der Waals surface area contributed by atoms with Crippen LogP contribution < -0.4 is 0 Å². The Balaban J connectivity index is 1.78. The number of aromatic nitrogens is 1. The highest BCUT2D eigenvalue weighted by atomic mass is 28.4. The molecule has 1 aromatic heterocycles. The number of rotatable bonds is 6. The number of aliphatic hydroxyl groups excluding tert-OH is 1. The number of alkyl halides is 3. The van der Waals surface area contributed by atoms with Gasteiger partial charge in [0, 0.05) is 36.0 Å². The van der Waals surface area contributed by atoms with Gasteiger partial charge < -0.3 is 19.0 Å². The number of halogens is 3. The number of pyridine rings is 1. The summed E-state index contributed by atoms with van der Waals surface area (Å²) in [7, 11) is -2.23. The molecule has 0 spiro atoms. The van der Waals surface area contributed by atoms with Crippen LogP contribution in [0.4, 0.5) is 13.2 Å². The van der Waals surface area contributed by atoms with Crippen LogP contribution in [-0.2, 0) is 26.5 Å². The van der Waals surface area contributed by atoms with Crippen LogP contribution in [0.5, 0.6) is 0 Å². The van der Waals surface area contributed by atoms with Crippen molar-refractivity contribution < 1.29 is 32.2 Å². The van der Waals surface area contributed by atoms with Gasteiger partial charge in [-0.15, -0.1) is 0 Å². The van der Waals surface area contributed by atoms with Crippen molar-refractivity contribution >= 4 is 13.9 Å². The summed E-state index contributed by atoms with van der Waals surface area (Å²) in [4.78, 5) is 5.42. The highest BCUT2D eigenvalue weighted by Gasteiger charge is 2.45. The molecule has 5 nitrogen and oxygen atoms in total. The smallest absolute Gasteiger partial charge is 0.410 e. The normalized spacial score (nSPS) is 22.3. The number of nitrogens with zero attached hydrogens (tertiary/aromatic N) is 1. The topological polar surface area (TPSA) is 60.8 Å². The Morgan fingerprint density at radius 2 is 1.68 bits per heavy atom. The number of ether oxygens (including phenoxy) is 2. The largest absolute Gasteiger partial charge is 0.416 e. The number of aliphatic hydroxyl groups is 1. The van der Waals surface area contributed by atoms with E-state index in [1.54, 1.807) is 0 Å². The SMILES string of the molecule is CC1(C)Cc2nc(C3CCOCC3)c(C(O)c3ccc(C(F)(F)F)cc3)c(C3=CCOCC3)c2C(O[Si](C)(C)C(C)(C)C)C1. The number of fused-ring (bicyclic) bond motifs is 1. The summed E-state index contributed by atoms with van der Waals surface area (Å²) in [5.74, 6) is 0.0668. The molecule has 242 valence electrons. The minimum atomic E-state index is -4.46. The molecule has 2 aliphatic heterocycles. The quantitative estimate of drug-likeness (QED) is 0.323. The molecule has 1 saturated heterocycles. The molecule has 2 atom stereocenters. The van der Waals surface area contributed by atoms with Gasteiger partial charge in [0.15, 0.2) is 8.32 Å². The van der Waals surface area contributed by atoms with Gasteiger partial charge in [-0.1, -0.05) is 52.8 Å². The average Bonchev–Trinajstić information content (AvgIpc) is 2.95. The fraction of sp³-hybridized carbons (Fsp3) is 0.629. The van der Waals surface area contributed by atoms with Crippen molar-refractivity contribution in [3.63, 3.8) is 0 Å². The van der Waals surface area contributed by atoms with E-state index in [4.69, 9.17) is 18.9 Å². The Morgan fingerprint density at radius 1 is 1.02 bits per heavy atom. The van der Waals surface area contributed by atoms with Crippen molar-refractivity contribution in [3.05, 3.63) is 69.5 Å². The zero-order valence-corrected chi connectivity index (χ0v) is 28.2. The van der Waals surface area contributed by atoms with Gasteiger partial charge >= 0.3 is 6.18 Å². The summed E-state index contributed by atoms with van der Waals surface area (Å²) in [6, 6.07) is 4.90. The molecule has 1 fully saturated rings. The predicted molar refractivity (Wildman–Crippen MR) is 169 cm³/mol. The molecular formula is C35H48F3NO4Si. The van der Waals surface area contributed by atoms with E-state index >= 15 is 0 Å². The Labute approximate surface area is 261 Å². The lowest BCUT2D eigenvalue weighted by atomic mass is 9.70. The molecule has 3 aliphatic rings. The van der Waals surface area contributed by atoms with Crippen molar-refractivity contribution in [2.75, 3.05) is 26.4 Å². The second-order valence-electron chi connectivity index (χ2n) is 15.0. The van der Waals surface area contributed by atoms with Crippen LogP contribution in [0.25, 0.3) is 5.57 Å². The Bertz CT molecular complexity index is 1370. The lowest BCUT2D eigenvalue weighted by Crippen LogP contribution is -2.44. The maximum atomic E-state index is 13.5. The second-order valence-corrected chi connectivity index (χ2v) is 19.8. The Kier molecular flexibility index (Phi) is 9.30. The summed E-state index contributed by atoms with van der Waals surface area (Å²) in [6.45, 7) is 18.0. The van der Waals surface area contributed by atoms with Crippen LogP contribution in [0.3, 0.4) is 0 Å². The minimum Gasteiger partial charge on any atom is -0.410 e. The van der Waals surface area contributed by atoms with Crippen LogP contribution in [0.1, 0.15) is 118 Å². The Morgan fingerprint density at radius 3 is 2.25 bits per heavy atom. The zero-order chi connectivity index (χ0) is 32.1. The first-order chi connectivity index (χ1) is 20.5. The van der Waals surface area contributed by atoms with Gasteiger partial charge in [0.2, 0.25) is 0 Å². The molecule has 44 heavy (non-hydrogen) atoms. The van der Waals surface area contributed by atoms with Gasteiger partial charge in [0.05, 0.1) is 30.6 Å². The molecule has 3 heterocycles. The number of hydrogen-bond acceptors (Lipinski definition) is 5. The summed E-state index contributed by atoms with van der Waals surface area (Å²) in [5.41, 5.74) is 5.28. The van der Waals surface area contributed by atoms with Crippen molar-refractivity contribution in [1.82, 2.24) is 4.98 Å². The van der Waals surface area contributed by atoms with Crippen LogP contribution in [-0.4, -0.2) is 44.8 Å². The summed E-state index contributed by atoms with van der Waals surface area (Å²) in [6.07, 6.45) is 0.0783. The molecular weight excluding hydrogens is 583 g/mol. The van der Waals surface area contributed by atoms with E-state index in [2.05, 4.69) is 53.8 Å². The van der Waals surface area contributed by atoms with E-state index in [1.807, 2.05) is 0 Å². The molecule has 0 bridgehead atoms. The lowest BCUT2D eigenvalue weighted by Gasteiger charge is -2.45. The van der Waals surface area contributed by atoms with Gasteiger partial charge in [0.1, 0.15) is 6.10 Å². The lowest BCUT2D eigenvalue weighted by molar-refractivity contribution is -0.137. The second kappa shape index (κ2) is 12.3. The van der Waals surface area contributed by atoms with E-state index in [0.29, 0.717) is 44.0 Å².